The Morgan fingerprint density at radius 3 is 2.62 bits per heavy atom. The van der Waals surface area contributed by atoms with Crippen LogP contribution in [0.15, 0.2) is 28.7 Å². The first-order valence-electron chi connectivity index (χ1n) is 4.99. The summed E-state index contributed by atoms with van der Waals surface area (Å²) in [5, 5.41) is 8.40. The molecule has 1 aromatic rings. The van der Waals surface area contributed by atoms with Gasteiger partial charge in [-0.3, -0.25) is 4.79 Å². The molecule has 4 heteroatoms. The van der Waals surface area contributed by atoms with E-state index in [-0.39, 0.29) is 12.3 Å². The Labute approximate surface area is 104 Å². The van der Waals surface area contributed by atoms with Crippen molar-refractivity contribution in [1.82, 2.24) is 4.90 Å². The molecule has 0 N–H and O–H groups in total. The lowest BCUT2D eigenvalue weighted by Crippen LogP contribution is -2.28. The Morgan fingerprint density at radius 1 is 1.44 bits per heavy atom. The van der Waals surface area contributed by atoms with E-state index in [1.807, 2.05) is 30.3 Å². The fourth-order valence-electron chi connectivity index (χ4n) is 1.28. The van der Waals surface area contributed by atoms with Crippen molar-refractivity contribution in [3.8, 4) is 6.07 Å². The zero-order valence-corrected chi connectivity index (χ0v) is 10.7. The molecule has 0 aliphatic rings. The number of benzene rings is 1. The van der Waals surface area contributed by atoms with E-state index in [0.29, 0.717) is 6.54 Å². The Balaban J connectivity index is 2.43. The molecule has 0 aromatic heterocycles. The highest BCUT2D eigenvalue weighted by molar-refractivity contribution is 9.10. The Kier molecular flexibility index (Phi) is 5.00. The van der Waals surface area contributed by atoms with Crippen molar-refractivity contribution in [2.75, 3.05) is 13.6 Å². The van der Waals surface area contributed by atoms with E-state index in [9.17, 15) is 4.79 Å². The van der Waals surface area contributed by atoms with E-state index in [2.05, 4.69) is 15.9 Å². The van der Waals surface area contributed by atoms with Crippen LogP contribution in [0, 0.1) is 11.3 Å². The van der Waals surface area contributed by atoms with E-state index in [1.165, 1.54) is 5.56 Å². The van der Waals surface area contributed by atoms with Gasteiger partial charge in [-0.2, -0.15) is 5.26 Å². The minimum absolute atomic E-state index is 0.0448. The van der Waals surface area contributed by atoms with E-state index < -0.39 is 0 Å². The number of halogens is 1. The van der Waals surface area contributed by atoms with Gasteiger partial charge in [0.15, 0.2) is 0 Å². The summed E-state index contributed by atoms with van der Waals surface area (Å²) < 4.78 is 1.05. The van der Waals surface area contributed by atoms with E-state index >= 15 is 0 Å². The van der Waals surface area contributed by atoms with Crippen LogP contribution >= 0.6 is 15.9 Å². The van der Waals surface area contributed by atoms with Crippen LogP contribution in [-0.4, -0.2) is 24.4 Å². The molecule has 0 saturated heterocycles. The Morgan fingerprint density at radius 2 is 2.06 bits per heavy atom. The lowest BCUT2D eigenvalue weighted by Gasteiger charge is -2.15. The predicted molar refractivity (Wildman–Crippen MR) is 65.7 cm³/mol. The van der Waals surface area contributed by atoms with Crippen molar-refractivity contribution in [2.45, 2.75) is 12.8 Å². The Bertz CT molecular complexity index is 394. The molecule has 1 aromatic carbocycles. The monoisotopic (exact) mass is 280 g/mol. The van der Waals surface area contributed by atoms with E-state index in [4.69, 9.17) is 5.26 Å². The first-order valence-corrected chi connectivity index (χ1v) is 5.78. The van der Waals surface area contributed by atoms with Crippen LogP contribution in [0.5, 0.6) is 0 Å². The van der Waals surface area contributed by atoms with Crippen molar-refractivity contribution in [1.29, 1.82) is 5.26 Å². The lowest BCUT2D eigenvalue weighted by atomic mass is 10.1. The molecular formula is C12H13BrN2O. The van der Waals surface area contributed by atoms with Gasteiger partial charge in [0, 0.05) is 18.1 Å². The maximum Gasteiger partial charge on any atom is 0.236 e. The molecule has 1 rings (SSSR count). The largest absolute Gasteiger partial charge is 0.345 e. The van der Waals surface area contributed by atoms with Crippen molar-refractivity contribution >= 4 is 21.8 Å². The molecule has 16 heavy (non-hydrogen) atoms. The normalized spacial score (nSPS) is 9.56. The van der Waals surface area contributed by atoms with Crippen LogP contribution in [0.1, 0.15) is 12.0 Å². The molecule has 0 atom stereocenters. The van der Waals surface area contributed by atoms with E-state index in [1.54, 1.807) is 11.9 Å². The SMILES string of the molecule is CN(CCc1ccc(Br)cc1)C(=O)CC#N. The van der Waals surface area contributed by atoms with Gasteiger partial charge in [0.1, 0.15) is 6.42 Å². The number of nitrogens with zero attached hydrogens (tertiary/aromatic N) is 2. The summed E-state index contributed by atoms with van der Waals surface area (Å²) in [6.45, 7) is 0.641. The average Bonchev–Trinajstić information content (AvgIpc) is 2.28. The molecule has 1 amide bonds. The maximum absolute atomic E-state index is 11.3. The summed E-state index contributed by atoms with van der Waals surface area (Å²) in [5.41, 5.74) is 1.18. The van der Waals surface area contributed by atoms with Crippen LogP contribution in [-0.2, 0) is 11.2 Å². The first kappa shape index (κ1) is 12.7. The van der Waals surface area contributed by atoms with Gasteiger partial charge in [0.2, 0.25) is 5.91 Å². The molecule has 0 aliphatic carbocycles. The second kappa shape index (κ2) is 6.29. The van der Waals surface area contributed by atoms with Gasteiger partial charge in [-0.25, -0.2) is 0 Å². The third-order valence-corrected chi connectivity index (χ3v) is 2.83. The van der Waals surface area contributed by atoms with Gasteiger partial charge < -0.3 is 4.90 Å². The quantitative estimate of drug-likeness (QED) is 0.850. The smallest absolute Gasteiger partial charge is 0.236 e. The van der Waals surface area contributed by atoms with E-state index in [0.717, 1.165) is 10.9 Å². The summed E-state index contributed by atoms with van der Waals surface area (Å²) in [6.07, 6.45) is 0.762. The molecule has 84 valence electrons. The van der Waals surface area contributed by atoms with Crippen LogP contribution < -0.4 is 0 Å². The molecular weight excluding hydrogens is 268 g/mol. The summed E-state index contributed by atoms with van der Waals surface area (Å²) in [5.74, 6) is -0.125. The molecule has 0 bridgehead atoms. The fourth-order valence-corrected chi connectivity index (χ4v) is 1.54. The third kappa shape index (κ3) is 4.03. The highest BCUT2D eigenvalue weighted by Crippen LogP contribution is 2.11. The highest BCUT2D eigenvalue weighted by Gasteiger charge is 2.07. The number of nitriles is 1. The highest BCUT2D eigenvalue weighted by atomic mass is 79.9. The van der Waals surface area contributed by atoms with Gasteiger partial charge in [-0.1, -0.05) is 28.1 Å². The molecule has 0 aliphatic heterocycles. The molecule has 0 unspecified atom stereocenters. The second-order valence-electron chi connectivity index (χ2n) is 3.53. The number of likely N-dealkylation sites (N-methyl/N-ethyl adjacent to an activating group) is 1. The molecule has 0 spiro atoms. The van der Waals surface area contributed by atoms with Crippen molar-refractivity contribution < 1.29 is 4.79 Å². The standard InChI is InChI=1S/C12H13BrN2O/c1-15(12(16)6-8-14)9-7-10-2-4-11(13)5-3-10/h2-5H,6-7,9H2,1H3. The fraction of sp³-hybridized carbons (Fsp3) is 0.333. The number of amides is 1. The number of hydrogen-bond donors (Lipinski definition) is 0. The lowest BCUT2D eigenvalue weighted by molar-refractivity contribution is -0.128. The van der Waals surface area contributed by atoms with Crippen molar-refractivity contribution in [2.24, 2.45) is 0 Å². The molecule has 0 saturated carbocycles. The van der Waals surface area contributed by atoms with Gasteiger partial charge >= 0.3 is 0 Å². The van der Waals surface area contributed by atoms with Crippen molar-refractivity contribution in [3.63, 3.8) is 0 Å². The number of carbonyl (C=O) groups is 1. The summed E-state index contributed by atoms with van der Waals surface area (Å²) in [6, 6.07) is 9.85. The van der Waals surface area contributed by atoms with Gasteiger partial charge in [-0.05, 0) is 24.1 Å². The maximum atomic E-state index is 11.3. The molecule has 3 nitrogen and oxygen atoms in total. The summed E-state index contributed by atoms with van der Waals surface area (Å²) in [4.78, 5) is 12.9. The number of carbonyl (C=O) groups excluding carboxylic acids is 1. The average molecular weight is 281 g/mol. The van der Waals surface area contributed by atoms with Crippen LogP contribution in [0.25, 0.3) is 0 Å². The first-order chi connectivity index (χ1) is 7.63. The minimum Gasteiger partial charge on any atom is -0.345 e. The van der Waals surface area contributed by atoms with Crippen LogP contribution in [0.3, 0.4) is 0 Å². The second-order valence-corrected chi connectivity index (χ2v) is 4.44. The summed E-state index contributed by atoms with van der Waals surface area (Å²) in [7, 11) is 1.72. The third-order valence-electron chi connectivity index (χ3n) is 2.31. The van der Waals surface area contributed by atoms with Crippen LogP contribution in [0.4, 0.5) is 0 Å². The van der Waals surface area contributed by atoms with Crippen molar-refractivity contribution in [3.05, 3.63) is 34.3 Å². The zero-order chi connectivity index (χ0) is 12.0. The molecule has 0 heterocycles. The zero-order valence-electron chi connectivity index (χ0n) is 9.11. The molecule has 0 radical (unpaired) electrons. The molecule has 0 fully saturated rings. The Hall–Kier alpha value is -1.34. The van der Waals surface area contributed by atoms with Gasteiger partial charge in [-0.15, -0.1) is 0 Å². The predicted octanol–water partition coefficient (Wildman–Crippen LogP) is 2.36. The van der Waals surface area contributed by atoms with Gasteiger partial charge in [0.25, 0.3) is 0 Å². The van der Waals surface area contributed by atoms with Gasteiger partial charge in [0.05, 0.1) is 6.07 Å². The number of hydrogen-bond acceptors (Lipinski definition) is 2. The topological polar surface area (TPSA) is 44.1 Å². The summed E-state index contributed by atoms with van der Waals surface area (Å²) >= 11 is 3.37. The minimum atomic E-state index is -0.125. The number of rotatable bonds is 4. The van der Waals surface area contributed by atoms with Crippen LogP contribution in [0.2, 0.25) is 0 Å².